The zero-order valence-corrected chi connectivity index (χ0v) is 17.0. The third-order valence-corrected chi connectivity index (χ3v) is 4.43. The van der Waals surface area contributed by atoms with Crippen LogP contribution >= 0.6 is 24.0 Å². The molecule has 0 saturated carbocycles. The molecule has 4 N–H and O–H groups in total. The van der Waals surface area contributed by atoms with E-state index in [4.69, 9.17) is 5.14 Å². The molecule has 0 bridgehead atoms. The van der Waals surface area contributed by atoms with E-state index in [-0.39, 0.29) is 36.3 Å². The minimum absolute atomic E-state index is 0. The van der Waals surface area contributed by atoms with Crippen molar-refractivity contribution in [2.24, 2.45) is 16.0 Å². The second kappa shape index (κ2) is 9.89. The number of primary sulfonamides is 1. The van der Waals surface area contributed by atoms with Crippen LogP contribution in [-0.2, 0) is 10.0 Å². The van der Waals surface area contributed by atoms with Gasteiger partial charge in [-0.15, -0.1) is 24.0 Å². The first-order chi connectivity index (χ1) is 9.73. The molecule has 0 radical (unpaired) electrons. The van der Waals surface area contributed by atoms with Crippen molar-refractivity contribution in [3.8, 4) is 0 Å². The van der Waals surface area contributed by atoms with Crippen molar-refractivity contribution in [1.82, 2.24) is 15.5 Å². The smallest absolute Gasteiger partial charge is 0.210 e. The van der Waals surface area contributed by atoms with Gasteiger partial charge in [0.25, 0.3) is 0 Å². The summed E-state index contributed by atoms with van der Waals surface area (Å²) in [4.78, 5) is 6.71. The highest BCUT2D eigenvalue weighted by Crippen LogP contribution is 2.18. The first-order valence-corrected chi connectivity index (χ1v) is 9.23. The van der Waals surface area contributed by atoms with Gasteiger partial charge in [0.15, 0.2) is 5.96 Å². The van der Waals surface area contributed by atoms with Crippen LogP contribution < -0.4 is 15.8 Å². The van der Waals surface area contributed by atoms with Crippen LogP contribution in [0.25, 0.3) is 0 Å². The van der Waals surface area contributed by atoms with Crippen LogP contribution in [0.15, 0.2) is 4.99 Å². The number of hydrogen-bond acceptors (Lipinski definition) is 4. The van der Waals surface area contributed by atoms with Crippen molar-refractivity contribution in [2.45, 2.75) is 39.8 Å². The van der Waals surface area contributed by atoms with Gasteiger partial charge in [0, 0.05) is 31.7 Å². The molecular weight excluding hydrogens is 417 g/mol. The number of rotatable bonds is 6. The van der Waals surface area contributed by atoms with Crippen LogP contribution in [0.5, 0.6) is 0 Å². The number of nitrogens with two attached hydrogens (primary N) is 1. The first kappa shape index (κ1) is 21.9. The molecule has 1 fully saturated rings. The van der Waals surface area contributed by atoms with Crippen molar-refractivity contribution in [1.29, 1.82) is 0 Å². The molecule has 22 heavy (non-hydrogen) atoms. The standard InChI is InChI=1S/C13H29N5O2S.HI/c1-5-15-13(16-6-7-21(14,19)20)17-12-9-18(10(2)3)8-11(12)4;/h10-12H,5-9H2,1-4H3,(H2,14,19,20)(H2,15,16,17);1H. The summed E-state index contributed by atoms with van der Waals surface area (Å²) >= 11 is 0. The van der Waals surface area contributed by atoms with Crippen molar-refractivity contribution >= 4 is 40.0 Å². The van der Waals surface area contributed by atoms with Crippen LogP contribution in [0.2, 0.25) is 0 Å². The number of aliphatic imine (C=N–C) groups is 1. The summed E-state index contributed by atoms with van der Waals surface area (Å²) in [6.07, 6.45) is 0. The van der Waals surface area contributed by atoms with E-state index in [0.29, 0.717) is 24.0 Å². The first-order valence-electron chi connectivity index (χ1n) is 7.52. The van der Waals surface area contributed by atoms with Gasteiger partial charge in [-0.1, -0.05) is 6.92 Å². The van der Waals surface area contributed by atoms with Crippen LogP contribution in [0.4, 0.5) is 0 Å². The molecule has 0 aromatic heterocycles. The Morgan fingerprint density at radius 2 is 2.05 bits per heavy atom. The molecule has 0 spiro atoms. The molecule has 9 heteroatoms. The van der Waals surface area contributed by atoms with Gasteiger partial charge < -0.3 is 10.6 Å². The molecule has 2 atom stereocenters. The SMILES string of the molecule is CCNC(=NCCS(N)(=O)=O)NC1CN(C(C)C)CC1C.I. The summed E-state index contributed by atoms with van der Waals surface area (Å²) in [5.74, 6) is 1.04. The number of guanidine groups is 1. The average Bonchev–Trinajstić information content (AvgIpc) is 2.70. The van der Waals surface area contributed by atoms with Crippen molar-refractivity contribution in [3.05, 3.63) is 0 Å². The second-order valence-corrected chi connectivity index (χ2v) is 7.64. The molecule has 1 saturated heterocycles. The van der Waals surface area contributed by atoms with Gasteiger partial charge in [-0.3, -0.25) is 9.89 Å². The van der Waals surface area contributed by atoms with Gasteiger partial charge in [-0.05, 0) is 26.7 Å². The Hall–Kier alpha value is -0.130. The van der Waals surface area contributed by atoms with Gasteiger partial charge in [-0.2, -0.15) is 0 Å². The molecule has 132 valence electrons. The third-order valence-electron chi connectivity index (χ3n) is 3.68. The largest absolute Gasteiger partial charge is 0.357 e. The van der Waals surface area contributed by atoms with E-state index in [1.165, 1.54) is 0 Å². The van der Waals surface area contributed by atoms with E-state index in [0.717, 1.165) is 19.6 Å². The molecule has 1 aliphatic heterocycles. The fourth-order valence-electron chi connectivity index (χ4n) is 2.39. The van der Waals surface area contributed by atoms with Crippen LogP contribution in [-0.4, -0.2) is 63.3 Å². The topological polar surface area (TPSA) is 99.8 Å². The molecule has 0 aromatic carbocycles. The maximum atomic E-state index is 10.9. The Balaban J connectivity index is 0.00000441. The molecule has 0 aromatic rings. The Bertz CT molecular complexity index is 455. The van der Waals surface area contributed by atoms with Crippen LogP contribution in [0.1, 0.15) is 27.7 Å². The minimum atomic E-state index is -3.46. The van der Waals surface area contributed by atoms with Crippen molar-refractivity contribution in [2.75, 3.05) is 31.9 Å². The fraction of sp³-hybridized carbons (Fsp3) is 0.923. The summed E-state index contributed by atoms with van der Waals surface area (Å²) in [5, 5.41) is 11.5. The molecule has 0 amide bonds. The van der Waals surface area contributed by atoms with Crippen LogP contribution in [0.3, 0.4) is 0 Å². The lowest BCUT2D eigenvalue weighted by Gasteiger charge is -2.21. The highest BCUT2D eigenvalue weighted by molar-refractivity contribution is 14.0. The van der Waals surface area contributed by atoms with E-state index >= 15 is 0 Å². The summed E-state index contributed by atoms with van der Waals surface area (Å²) in [6, 6.07) is 0.848. The highest BCUT2D eigenvalue weighted by atomic mass is 127. The Labute approximate surface area is 151 Å². The van der Waals surface area contributed by atoms with Crippen LogP contribution in [0, 0.1) is 5.92 Å². The Kier molecular flexibility index (Phi) is 9.83. The Morgan fingerprint density at radius 3 is 2.50 bits per heavy atom. The maximum absolute atomic E-state index is 10.9. The monoisotopic (exact) mass is 447 g/mol. The average molecular weight is 447 g/mol. The second-order valence-electron chi connectivity index (χ2n) is 5.90. The lowest BCUT2D eigenvalue weighted by atomic mass is 10.1. The van der Waals surface area contributed by atoms with Crippen molar-refractivity contribution in [3.63, 3.8) is 0 Å². The molecular formula is C13H30IN5O2S. The fourth-order valence-corrected chi connectivity index (χ4v) is 2.74. The number of hydrogen-bond donors (Lipinski definition) is 3. The quantitative estimate of drug-likeness (QED) is 0.307. The molecule has 1 heterocycles. The zero-order chi connectivity index (χ0) is 16.0. The number of nitrogens with zero attached hydrogens (tertiary/aromatic N) is 2. The summed E-state index contributed by atoms with van der Waals surface area (Å²) in [5.41, 5.74) is 0. The predicted octanol–water partition coefficient (Wildman–Crippen LogP) is 0.177. The summed E-state index contributed by atoms with van der Waals surface area (Å²) in [6.45, 7) is 11.5. The number of likely N-dealkylation sites (tertiary alicyclic amines) is 1. The van der Waals surface area contributed by atoms with Crippen molar-refractivity contribution < 1.29 is 8.42 Å². The molecule has 1 aliphatic rings. The van der Waals surface area contributed by atoms with Gasteiger partial charge in [0.2, 0.25) is 10.0 Å². The van der Waals surface area contributed by atoms with Gasteiger partial charge >= 0.3 is 0 Å². The number of halogens is 1. The summed E-state index contributed by atoms with van der Waals surface area (Å²) in [7, 11) is -3.46. The zero-order valence-electron chi connectivity index (χ0n) is 13.9. The maximum Gasteiger partial charge on any atom is 0.210 e. The van der Waals surface area contributed by atoms with E-state index in [1.54, 1.807) is 0 Å². The van der Waals surface area contributed by atoms with E-state index in [9.17, 15) is 8.42 Å². The third kappa shape index (κ3) is 7.93. The molecule has 1 rings (SSSR count). The van der Waals surface area contributed by atoms with Gasteiger partial charge in [0.1, 0.15) is 0 Å². The van der Waals surface area contributed by atoms with Gasteiger partial charge in [-0.25, -0.2) is 13.6 Å². The Morgan fingerprint density at radius 1 is 1.41 bits per heavy atom. The minimum Gasteiger partial charge on any atom is -0.357 e. The molecule has 0 aliphatic carbocycles. The number of nitrogens with one attached hydrogen (secondary N) is 2. The van der Waals surface area contributed by atoms with E-state index in [1.807, 2.05) is 6.92 Å². The normalized spacial score (nSPS) is 23.5. The summed E-state index contributed by atoms with van der Waals surface area (Å²) < 4.78 is 21.9. The van der Waals surface area contributed by atoms with Gasteiger partial charge in [0.05, 0.1) is 12.3 Å². The lowest BCUT2D eigenvalue weighted by Crippen LogP contribution is -2.47. The van der Waals surface area contributed by atoms with E-state index in [2.05, 4.69) is 41.3 Å². The molecule has 2 unspecified atom stereocenters. The highest BCUT2D eigenvalue weighted by Gasteiger charge is 2.31. The predicted molar refractivity (Wildman–Crippen MR) is 102 cm³/mol. The molecule has 7 nitrogen and oxygen atoms in total. The van der Waals surface area contributed by atoms with E-state index < -0.39 is 10.0 Å². The number of sulfonamides is 1. The lowest BCUT2D eigenvalue weighted by molar-refractivity contribution is 0.265.